The number of aliphatic carboxylic acids is 3. The van der Waals surface area contributed by atoms with Gasteiger partial charge >= 0.3 is 35.9 Å². The molecule has 0 atom stereocenters. The van der Waals surface area contributed by atoms with Crippen molar-refractivity contribution in [2.75, 3.05) is 19.8 Å². The van der Waals surface area contributed by atoms with E-state index in [1.807, 2.05) is 0 Å². The summed E-state index contributed by atoms with van der Waals surface area (Å²) in [6.45, 7) is 0.945. The number of hydrogen-bond donors (Lipinski definition) is 3. The van der Waals surface area contributed by atoms with Gasteiger partial charge in [-0.05, 0) is 57.8 Å². The Labute approximate surface area is 209 Å². The second-order valence-electron chi connectivity index (χ2n) is 7.44. The van der Waals surface area contributed by atoms with Crippen LogP contribution in [0.15, 0.2) is 36.5 Å². The van der Waals surface area contributed by atoms with Gasteiger partial charge in [-0.25, -0.2) is 14.4 Å². The Morgan fingerprint density at radius 2 is 0.806 bits per heavy atom. The summed E-state index contributed by atoms with van der Waals surface area (Å²) in [5.41, 5.74) is 0. The highest BCUT2D eigenvalue weighted by Gasteiger charge is 2.10. The topological polar surface area (TPSA) is 178 Å². The number of hydrogen-bond acceptors (Lipinski definition) is 9. The third-order valence-corrected chi connectivity index (χ3v) is 4.34. The number of allylic oxidation sites excluding steroid dienone is 3. The van der Waals surface area contributed by atoms with Gasteiger partial charge in [-0.1, -0.05) is 18.2 Å². The van der Waals surface area contributed by atoms with Crippen LogP contribution in [0.5, 0.6) is 18.0 Å². The summed E-state index contributed by atoms with van der Waals surface area (Å²) in [4.78, 5) is 43.8. The van der Waals surface area contributed by atoms with E-state index in [0.717, 1.165) is 37.5 Å². The van der Waals surface area contributed by atoms with E-state index in [1.165, 1.54) is 0 Å². The van der Waals surface area contributed by atoms with Gasteiger partial charge in [0.15, 0.2) is 0 Å². The average Bonchev–Trinajstić information content (AvgIpc) is 2.81. The first kappa shape index (κ1) is 30.1. The van der Waals surface area contributed by atoms with Crippen molar-refractivity contribution in [2.45, 2.75) is 57.8 Å². The summed E-state index contributed by atoms with van der Waals surface area (Å²) in [7, 11) is 0. The van der Waals surface area contributed by atoms with Gasteiger partial charge in [-0.3, -0.25) is 0 Å². The highest BCUT2D eigenvalue weighted by atomic mass is 16.5. The van der Waals surface area contributed by atoms with Gasteiger partial charge in [0.25, 0.3) is 0 Å². The van der Waals surface area contributed by atoms with E-state index in [2.05, 4.69) is 15.0 Å². The van der Waals surface area contributed by atoms with Gasteiger partial charge in [0.05, 0.1) is 19.8 Å². The quantitative estimate of drug-likeness (QED) is 0.163. The average molecular weight is 508 g/mol. The predicted octanol–water partition coefficient (Wildman–Crippen LogP) is 3.44. The van der Waals surface area contributed by atoms with Crippen molar-refractivity contribution in [3.8, 4) is 18.0 Å². The minimum atomic E-state index is -0.982. The van der Waals surface area contributed by atoms with Crippen LogP contribution in [0, 0.1) is 0 Å². The standard InChI is InChI=1S/C24H33N3O9/c28-19(29)13-7-1-4-10-16-34-22-25-23(35-17-11-5-2-8-14-20(30)31)27-24(26-22)36-18-12-6-3-9-15-21(32)33/h7-9,13-15H,1-6,10-12,16-18H2,(H,28,29)(H,30,31)(H,32,33). The summed E-state index contributed by atoms with van der Waals surface area (Å²) in [5, 5.41) is 25.7. The molecule has 1 aromatic rings. The maximum Gasteiger partial charge on any atom is 0.327 e. The zero-order valence-corrected chi connectivity index (χ0v) is 20.1. The number of carbonyl (C=O) groups is 3. The molecular formula is C24H33N3O9. The molecule has 1 aromatic heterocycles. The van der Waals surface area contributed by atoms with E-state index in [-0.39, 0.29) is 18.0 Å². The lowest BCUT2D eigenvalue weighted by atomic mass is 10.2. The van der Waals surface area contributed by atoms with E-state index >= 15 is 0 Å². The maximum absolute atomic E-state index is 10.5. The zero-order chi connectivity index (χ0) is 26.4. The van der Waals surface area contributed by atoms with E-state index < -0.39 is 17.9 Å². The maximum atomic E-state index is 10.5. The van der Waals surface area contributed by atoms with Crippen LogP contribution in [0.25, 0.3) is 0 Å². The molecule has 0 saturated carbocycles. The van der Waals surface area contributed by atoms with Crippen LogP contribution < -0.4 is 14.2 Å². The molecule has 36 heavy (non-hydrogen) atoms. The number of unbranched alkanes of at least 4 members (excludes halogenated alkanes) is 6. The van der Waals surface area contributed by atoms with E-state index in [4.69, 9.17) is 29.5 Å². The van der Waals surface area contributed by atoms with Gasteiger partial charge in [0.2, 0.25) is 0 Å². The van der Waals surface area contributed by atoms with Crippen LogP contribution in [0.2, 0.25) is 0 Å². The Morgan fingerprint density at radius 1 is 0.528 bits per heavy atom. The minimum Gasteiger partial charge on any atom is -0.478 e. The molecular weight excluding hydrogens is 474 g/mol. The number of carboxylic acid groups (broad SMARTS) is 3. The summed E-state index contributed by atoms with van der Waals surface area (Å²) in [6.07, 6.45) is 14.1. The normalized spacial score (nSPS) is 11.3. The van der Waals surface area contributed by atoms with Crippen LogP contribution in [0.1, 0.15) is 57.8 Å². The van der Waals surface area contributed by atoms with Crippen molar-refractivity contribution < 1.29 is 43.9 Å². The second-order valence-corrected chi connectivity index (χ2v) is 7.44. The molecule has 1 heterocycles. The molecule has 1 rings (SSSR count). The molecule has 0 aliphatic heterocycles. The lowest BCUT2D eigenvalue weighted by Gasteiger charge is -2.10. The van der Waals surface area contributed by atoms with Crippen molar-refractivity contribution in [3.63, 3.8) is 0 Å². The summed E-state index contributed by atoms with van der Waals surface area (Å²) >= 11 is 0. The minimum absolute atomic E-state index is 0.0462. The van der Waals surface area contributed by atoms with Crippen molar-refractivity contribution >= 4 is 17.9 Å². The molecule has 0 aromatic carbocycles. The summed E-state index contributed by atoms with van der Waals surface area (Å²) in [6, 6.07) is 0.139. The third-order valence-electron chi connectivity index (χ3n) is 4.34. The highest BCUT2D eigenvalue weighted by molar-refractivity contribution is 5.80. The second kappa shape index (κ2) is 19.4. The van der Waals surface area contributed by atoms with Crippen molar-refractivity contribution in [1.82, 2.24) is 15.0 Å². The molecule has 0 aliphatic rings. The van der Waals surface area contributed by atoms with E-state index in [9.17, 15) is 14.4 Å². The third kappa shape index (κ3) is 17.5. The molecule has 0 bridgehead atoms. The number of nitrogens with zero attached hydrogens (tertiary/aromatic N) is 3. The Bertz CT molecular complexity index is 774. The first-order valence-corrected chi connectivity index (χ1v) is 11.7. The van der Waals surface area contributed by atoms with E-state index in [0.29, 0.717) is 58.3 Å². The summed E-state index contributed by atoms with van der Waals surface area (Å²) in [5.74, 6) is -2.94. The lowest BCUT2D eigenvalue weighted by molar-refractivity contribution is -0.132. The van der Waals surface area contributed by atoms with Crippen molar-refractivity contribution in [2.24, 2.45) is 0 Å². The molecule has 0 aliphatic carbocycles. The number of aromatic nitrogens is 3. The van der Waals surface area contributed by atoms with Gasteiger partial charge in [0.1, 0.15) is 0 Å². The molecule has 0 radical (unpaired) electrons. The van der Waals surface area contributed by atoms with Crippen molar-refractivity contribution in [3.05, 3.63) is 36.5 Å². The smallest absolute Gasteiger partial charge is 0.327 e. The Balaban J connectivity index is 2.54. The van der Waals surface area contributed by atoms with Crippen LogP contribution in [-0.4, -0.2) is 68.0 Å². The zero-order valence-electron chi connectivity index (χ0n) is 20.1. The number of rotatable bonds is 21. The van der Waals surface area contributed by atoms with Crippen LogP contribution in [-0.2, 0) is 14.4 Å². The Hall–Kier alpha value is -3.96. The molecule has 0 fully saturated rings. The van der Waals surface area contributed by atoms with Gasteiger partial charge in [-0.2, -0.15) is 0 Å². The molecule has 0 amide bonds. The number of ether oxygens (including phenoxy) is 3. The molecule has 12 nitrogen and oxygen atoms in total. The highest BCUT2D eigenvalue weighted by Crippen LogP contribution is 2.16. The molecule has 0 spiro atoms. The van der Waals surface area contributed by atoms with Crippen LogP contribution in [0.3, 0.4) is 0 Å². The van der Waals surface area contributed by atoms with Gasteiger partial charge in [-0.15, -0.1) is 15.0 Å². The molecule has 198 valence electrons. The van der Waals surface area contributed by atoms with Gasteiger partial charge in [0, 0.05) is 18.2 Å². The molecule has 3 N–H and O–H groups in total. The number of carboxylic acids is 3. The molecule has 0 unspecified atom stereocenters. The predicted molar refractivity (Wildman–Crippen MR) is 128 cm³/mol. The fraction of sp³-hybridized carbons (Fsp3) is 0.500. The Morgan fingerprint density at radius 3 is 1.06 bits per heavy atom. The first-order valence-electron chi connectivity index (χ1n) is 11.7. The van der Waals surface area contributed by atoms with Crippen molar-refractivity contribution in [1.29, 1.82) is 0 Å². The van der Waals surface area contributed by atoms with Gasteiger partial charge < -0.3 is 29.5 Å². The fourth-order valence-corrected chi connectivity index (χ4v) is 2.65. The lowest BCUT2D eigenvalue weighted by Crippen LogP contribution is -2.09. The first-order chi connectivity index (χ1) is 17.4. The Kier molecular flexibility index (Phi) is 16.2. The van der Waals surface area contributed by atoms with Crippen LogP contribution >= 0.6 is 0 Å². The fourth-order valence-electron chi connectivity index (χ4n) is 2.65. The molecule has 0 saturated heterocycles. The monoisotopic (exact) mass is 507 g/mol. The van der Waals surface area contributed by atoms with E-state index in [1.54, 1.807) is 18.2 Å². The SMILES string of the molecule is O=C(O)C=CCCCCOc1nc(OCCCCC=CC(=O)O)nc(OCCCCC=CC(=O)O)n1. The summed E-state index contributed by atoms with van der Waals surface area (Å²) < 4.78 is 16.8. The van der Waals surface area contributed by atoms with Crippen LogP contribution in [0.4, 0.5) is 0 Å². The largest absolute Gasteiger partial charge is 0.478 e. The molecule has 12 heteroatoms.